The zero-order chi connectivity index (χ0) is 13.1. The maximum Gasteiger partial charge on any atom is 0.137 e. The Morgan fingerprint density at radius 3 is 2.89 bits per heavy atom. The second-order valence-corrected chi connectivity index (χ2v) is 4.77. The molecule has 1 aliphatic rings. The molecule has 0 saturated carbocycles. The highest BCUT2D eigenvalue weighted by atomic mass is 16.5. The van der Waals surface area contributed by atoms with Gasteiger partial charge in [-0.05, 0) is 38.1 Å². The topological polar surface area (TPSA) is 59.1 Å². The van der Waals surface area contributed by atoms with Gasteiger partial charge in [0.1, 0.15) is 17.9 Å². The van der Waals surface area contributed by atoms with Crippen molar-refractivity contribution in [2.45, 2.75) is 18.9 Å². The highest BCUT2D eigenvalue weighted by Crippen LogP contribution is 2.24. The van der Waals surface area contributed by atoms with Crippen LogP contribution in [-0.4, -0.2) is 36.2 Å². The second kappa shape index (κ2) is 5.40. The maximum atomic E-state index is 5.22. The van der Waals surface area contributed by atoms with Crippen LogP contribution in [-0.2, 0) is 0 Å². The lowest BCUT2D eigenvalue weighted by Crippen LogP contribution is -2.35. The van der Waals surface area contributed by atoms with Crippen LogP contribution in [0.2, 0.25) is 0 Å². The predicted octanol–water partition coefficient (Wildman–Crippen LogP) is 1.80. The minimum absolute atomic E-state index is 0.487. The summed E-state index contributed by atoms with van der Waals surface area (Å²) in [7, 11) is 1.66. The summed E-state index contributed by atoms with van der Waals surface area (Å²) >= 11 is 0. The summed E-state index contributed by atoms with van der Waals surface area (Å²) in [6.07, 6.45) is 3.86. The summed E-state index contributed by atoms with van der Waals surface area (Å²) in [6, 6.07) is 6.38. The summed E-state index contributed by atoms with van der Waals surface area (Å²) in [5.74, 6) is 1.73. The van der Waals surface area contributed by atoms with Crippen molar-refractivity contribution >= 4 is 16.7 Å². The van der Waals surface area contributed by atoms with E-state index < -0.39 is 0 Å². The molecule has 1 aliphatic heterocycles. The highest BCUT2D eigenvalue weighted by Gasteiger charge is 2.14. The molecule has 3 rings (SSSR count). The average molecular weight is 258 g/mol. The molecular formula is C14H18N4O. The van der Waals surface area contributed by atoms with Crippen molar-refractivity contribution in [2.75, 3.05) is 25.5 Å². The van der Waals surface area contributed by atoms with Gasteiger partial charge in [0.2, 0.25) is 0 Å². The van der Waals surface area contributed by atoms with Gasteiger partial charge >= 0.3 is 0 Å². The number of aromatic nitrogens is 2. The maximum absolute atomic E-state index is 5.22. The van der Waals surface area contributed by atoms with E-state index in [0.29, 0.717) is 6.04 Å². The number of rotatable bonds is 3. The molecule has 2 N–H and O–H groups in total. The molecule has 0 amide bonds. The van der Waals surface area contributed by atoms with Crippen LogP contribution in [0.5, 0.6) is 5.75 Å². The first kappa shape index (κ1) is 12.2. The van der Waals surface area contributed by atoms with Crippen molar-refractivity contribution in [1.29, 1.82) is 0 Å². The number of fused-ring (bicyclic) bond motifs is 1. The summed E-state index contributed by atoms with van der Waals surface area (Å²) in [5, 5.41) is 7.94. The predicted molar refractivity (Wildman–Crippen MR) is 75.6 cm³/mol. The van der Waals surface area contributed by atoms with Gasteiger partial charge in [-0.2, -0.15) is 0 Å². The second-order valence-electron chi connectivity index (χ2n) is 4.77. The third-order valence-corrected chi connectivity index (χ3v) is 3.52. The summed E-state index contributed by atoms with van der Waals surface area (Å²) in [5.41, 5.74) is 0.908. The summed E-state index contributed by atoms with van der Waals surface area (Å²) < 4.78 is 5.22. The van der Waals surface area contributed by atoms with Crippen LogP contribution in [0, 0.1) is 0 Å². The number of hydrogen-bond acceptors (Lipinski definition) is 5. The molecule has 1 aromatic carbocycles. The van der Waals surface area contributed by atoms with Crippen molar-refractivity contribution in [3.05, 3.63) is 24.5 Å². The molecule has 2 heterocycles. The third kappa shape index (κ3) is 2.61. The van der Waals surface area contributed by atoms with Crippen molar-refractivity contribution in [1.82, 2.24) is 15.3 Å². The SMILES string of the molecule is COc1ccc2c(NC3CCNCC3)ncnc2c1. The number of nitrogens with zero attached hydrogens (tertiary/aromatic N) is 2. The Bertz CT molecular complexity index is 566. The Labute approximate surface area is 112 Å². The van der Waals surface area contributed by atoms with Crippen molar-refractivity contribution in [2.24, 2.45) is 0 Å². The summed E-state index contributed by atoms with van der Waals surface area (Å²) in [4.78, 5) is 8.67. The summed E-state index contributed by atoms with van der Waals surface area (Å²) in [6.45, 7) is 2.13. The minimum Gasteiger partial charge on any atom is -0.497 e. The van der Waals surface area contributed by atoms with Gasteiger partial charge in [0, 0.05) is 17.5 Å². The lowest BCUT2D eigenvalue weighted by molar-refractivity contribution is 0.415. The Morgan fingerprint density at radius 2 is 2.11 bits per heavy atom. The van der Waals surface area contributed by atoms with Crippen molar-refractivity contribution in [3.8, 4) is 5.75 Å². The van der Waals surface area contributed by atoms with Gasteiger partial charge < -0.3 is 15.4 Å². The third-order valence-electron chi connectivity index (χ3n) is 3.52. The normalized spacial score (nSPS) is 16.5. The lowest BCUT2D eigenvalue weighted by Gasteiger charge is -2.24. The first-order valence-corrected chi connectivity index (χ1v) is 6.63. The van der Waals surface area contributed by atoms with E-state index in [1.807, 2.05) is 18.2 Å². The van der Waals surface area contributed by atoms with E-state index in [-0.39, 0.29) is 0 Å². The Balaban J connectivity index is 1.90. The molecule has 1 fully saturated rings. The lowest BCUT2D eigenvalue weighted by atomic mass is 10.1. The van der Waals surface area contributed by atoms with Crippen molar-refractivity contribution in [3.63, 3.8) is 0 Å². The van der Waals surface area contributed by atoms with Gasteiger partial charge in [0.25, 0.3) is 0 Å². The van der Waals surface area contributed by atoms with Gasteiger partial charge in [0.15, 0.2) is 0 Å². The van der Waals surface area contributed by atoms with Crippen LogP contribution in [0.4, 0.5) is 5.82 Å². The first-order chi connectivity index (χ1) is 9.36. The molecule has 0 spiro atoms. The van der Waals surface area contributed by atoms with E-state index in [0.717, 1.165) is 48.4 Å². The Hall–Kier alpha value is -1.88. The van der Waals surface area contributed by atoms with Gasteiger partial charge in [-0.25, -0.2) is 9.97 Å². The van der Waals surface area contributed by atoms with Gasteiger partial charge in [-0.3, -0.25) is 0 Å². The van der Waals surface area contributed by atoms with E-state index in [1.165, 1.54) is 0 Å². The van der Waals surface area contributed by atoms with Crippen LogP contribution in [0.25, 0.3) is 10.9 Å². The molecule has 0 bridgehead atoms. The molecule has 0 atom stereocenters. The number of methoxy groups -OCH3 is 1. The zero-order valence-corrected chi connectivity index (χ0v) is 11.0. The van der Waals surface area contributed by atoms with Gasteiger partial charge in [-0.15, -0.1) is 0 Å². The number of hydrogen-bond donors (Lipinski definition) is 2. The fourth-order valence-corrected chi connectivity index (χ4v) is 2.44. The number of benzene rings is 1. The fraction of sp³-hybridized carbons (Fsp3) is 0.429. The molecule has 19 heavy (non-hydrogen) atoms. The van der Waals surface area contributed by atoms with Crippen molar-refractivity contribution < 1.29 is 4.74 Å². The number of ether oxygens (including phenoxy) is 1. The smallest absolute Gasteiger partial charge is 0.137 e. The molecule has 1 aromatic heterocycles. The molecular weight excluding hydrogens is 240 g/mol. The van der Waals surface area contributed by atoms with Gasteiger partial charge in [0.05, 0.1) is 12.6 Å². The van der Waals surface area contributed by atoms with E-state index in [4.69, 9.17) is 4.74 Å². The quantitative estimate of drug-likeness (QED) is 0.879. The molecule has 5 nitrogen and oxygen atoms in total. The van der Waals surface area contributed by atoms with E-state index in [1.54, 1.807) is 13.4 Å². The van der Waals surface area contributed by atoms with Crippen LogP contribution in [0.3, 0.4) is 0 Å². The minimum atomic E-state index is 0.487. The van der Waals surface area contributed by atoms with E-state index in [9.17, 15) is 0 Å². The largest absolute Gasteiger partial charge is 0.497 e. The molecule has 0 unspecified atom stereocenters. The Kier molecular flexibility index (Phi) is 3.46. The standard InChI is InChI=1S/C14H18N4O/c1-19-11-2-3-12-13(8-11)16-9-17-14(12)18-10-4-6-15-7-5-10/h2-3,8-10,15H,4-7H2,1H3,(H,16,17,18). The molecule has 2 aromatic rings. The van der Waals surface area contributed by atoms with E-state index in [2.05, 4.69) is 20.6 Å². The van der Waals surface area contributed by atoms with Crippen LogP contribution in [0.15, 0.2) is 24.5 Å². The van der Waals surface area contributed by atoms with E-state index >= 15 is 0 Å². The Morgan fingerprint density at radius 1 is 1.26 bits per heavy atom. The average Bonchev–Trinajstić information content (AvgIpc) is 2.48. The molecule has 100 valence electrons. The molecule has 5 heteroatoms. The number of anilines is 1. The first-order valence-electron chi connectivity index (χ1n) is 6.63. The number of piperidine rings is 1. The van der Waals surface area contributed by atoms with Crippen LogP contribution < -0.4 is 15.4 Å². The number of nitrogens with one attached hydrogen (secondary N) is 2. The molecule has 1 saturated heterocycles. The fourth-order valence-electron chi connectivity index (χ4n) is 2.44. The zero-order valence-electron chi connectivity index (χ0n) is 11.0. The monoisotopic (exact) mass is 258 g/mol. The molecule has 0 radical (unpaired) electrons. The molecule has 0 aliphatic carbocycles. The van der Waals surface area contributed by atoms with Crippen LogP contribution in [0.1, 0.15) is 12.8 Å². The highest BCUT2D eigenvalue weighted by molar-refractivity contribution is 5.89. The van der Waals surface area contributed by atoms with Crippen LogP contribution >= 0.6 is 0 Å². The van der Waals surface area contributed by atoms with Gasteiger partial charge in [-0.1, -0.05) is 0 Å².